The van der Waals surface area contributed by atoms with Crippen LogP contribution in [0.5, 0.6) is 5.75 Å². The Balaban J connectivity index is 1.43. The molecular weight excluding hydrogens is 583 g/mol. The number of aliphatic hydroxyl groups is 2. The Morgan fingerprint density at radius 2 is 1.86 bits per heavy atom. The van der Waals surface area contributed by atoms with Gasteiger partial charge in [0.25, 0.3) is 5.56 Å². The Morgan fingerprint density at radius 3 is 2.60 bits per heavy atom. The van der Waals surface area contributed by atoms with Crippen molar-refractivity contribution in [2.24, 2.45) is 0 Å². The van der Waals surface area contributed by atoms with Gasteiger partial charge in [0.1, 0.15) is 30.1 Å². The second-order valence-corrected chi connectivity index (χ2v) is 12.1. The average Bonchev–Trinajstić information content (AvgIpc) is 3.48. The number of ether oxygens (including phenoxy) is 2. The van der Waals surface area contributed by atoms with Gasteiger partial charge in [0.15, 0.2) is 17.4 Å². The summed E-state index contributed by atoms with van der Waals surface area (Å²) in [5.74, 6) is -0.646. The topological polar surface area (TPSA) is 213 Å². The number of hydrogen-bond acceptors (Lipinski definition) is 12. The molecule has 2 aromatic heterocycles. The molecule has 43 heavy (non-hydrogen) atoms. The van der Waals surface area contributed by atoms with Gasteiger partial charge in [0.05, 0.1) is 18.5 Å². The number of nitrogens with one attached hydrogen (secondary N) is 2. The molecule has 5 rings (SSSR count). The fourth-order valence-electron chi connectivity index (χ4n) is 4.82. The molecule has 0 bridgehead atoms. The summed E-state index contributed by atoms with van der Waals surface area (Å²) in [6.07, 6.45) is -5.94. The van der Waals surface area contributed by atoms with Crippen molar-refractivity contribution in [1.29, 1.82) is 0 Å². The second-order valence-electron chi connectivity index (χ2n) is 10.5. The lowest BCUT2D eigenvalue weighted by Crippen LogP contribution is -2.41. The first-order chi connectivity index (χ1) is 20.4. The van der Waals surface area contributed by atoms with E-state index in [0.717, 1.165) is 5.39 Å². The van der Waals surface area contributed by atoms with Crippen molar-refractivity contribution in [2.45, 2.75) is 70.5 Å². The lowest BCUT2D eigenvalue weighted by Gasteiger charge is -2.29. The number of hydrogen-bond donors (Lipinski definition) is 5. The molecule has 0 aliphatic carbocycles. The standard InChI is InChI=1S/C27H33N6O9P/c1-13(2)39-26(37)14(3)32-43(38,42-18-11-7-9-16-8-5-6-10-17(16)18)41-15(4)22-20(34)21(35)25(40-22)33-12-29-19-23(33)30-27(28)31-24(19)36/h5-15,20-22,25,34-35H,1-4H3,(H,32,38)(H3,28,30,31,36)/t14-,15+,20-,21+,22+,25+,43?/m0/s1. The van der Waals surface area contributed by atoms with Crippen molar-refractivity contribution >= 4 is 41.6 Å². The minimum Gasteiger partial charge on any atom is -0.462 e. The largest absolute Gasteiger partial charge is 0.462 e. The van der Waals surface area contributed by atoms with Gasteiger partial charge < -0.3 is 29.9 Å². The molecule has 15 nitrogen and oxygen atoms in total. The third-order valence-corrected chi connectivity index (χ3v) is 8.54. The van der Waals surface area contributed by atoms with Crippen LogP contribution in [0.3, 0.4) is 0 Å². The first-order valence-corrected chi connectivity index (χ1v) is 15.1. The molecule has 1 fully saturated rings. The molecule has 4 aromatic rings. The Labute approximate surface area is 245 Å². The number of aliphatic hydroxyl groups excluding tert-OH is 2. The number of anilines is 1. The number of aromatic amines is 1. The molecule has 1 saturated heterocycles. The van der Waals surface area contributed by atoms with E-state index < -0.39 is 62.1 Å². The molecule has 230 valence electrons. The Morgan fingerprint density at radius 1 is 1.14 bits per heavy atom. The fraction of sp³-hybridized carbons (Fsp3) is 0.407. The first kappa shape index (κ1) is 30.6. The van der Waals surface area contributed by atoms with E-state index in [2.05, 4.69) is 20.0 Å². The molecule has 0 spiro atoms. The van der Waals surface area contributed by atoms with Crippen molar-refractivity contribution in [3.05, 3.63) is 59.1 Å². The van der Waals surface area contributed by atoms with Crippen LogP contribution in [-0.2, 0) is 23.4 Å². The van der Waals surface area contributed by atoms with Crippen LogP contribution in [0.25, 0.3) is 21.9 Å². The van der Waals surface area contributed by atoms with Crippen molar-refractivity contribution < 1.29 is 38.1 Å². The average molecular weight is 617 g/mol. The van der Waals surface area contributed by atoms with Crippen LogP contribution in [0, 0.1) is 0 Å². The van der Waals surface area contributed by atoms with E-state index in [4.69, 9.17) is 24.3 Å². The van der Waals surface area contributed by atoms with Crippen LogP contribution in [-0.4, -0.2) is 72.3 Å². The van der Waals surface area contributed by atoms with Crippen LogP contribution in [0.2, 0.25) is 0 Å². The minimum atomic E-state index is -4.40. The van der Waals surface area contributed by atoms with Crippen LogP contribution in [0.4, 0.5) is 5.95 Å². The van der Waals surface area contributed by atoms with Gasteiger partial charge in [-0.15, -0.1) is 0 Å². The second kappa shape index (κ2) is 12.0. The molecule has 1 unspecified atom stereocenters. The maximum Gasteiger partial charge on any atom is 0.459 e. The molecule has 7 atom stereocenters. The Kier molecular flexibility index (Phi) is 8.56. The maximum atomic E-state index is 14.3. The minimum absolute atomic E-state index is 0.0239. The molecule has 6 N–H and O–H groups in total. The van der Waals surface area contributed by atoms with E-state index >= 15 is 0 Å². The lowest BCUT2D eigenvalue weighted by molar-refractivity contribution is -0.149. The number of fused-ring (bicyclic) bond motifs is 2. The van der Waals surface area contributed by atoms with Crippen LogP contribution < -0.4 is 20.9 Å². The van der Waals surface area contributed by atoms with Crippen LogP contribution in [0.15, 0.2) is 53.6 Å². The van der Waals surface area contributed by atoms with Gasteiger partial charge in [-0.3, -0.25) is 23.7 Å². The zero-order valence-electron chi connectivity index (χ0n) is 23.8. The molecule has 1 aliphatic heterocycles. The van der Waals surface area contributed by atoms with E-state index in [1.165, 1.54) is 24.7 Å². The monoisotopic (exact) mass is 616 g/mol. The number of nitrogens with two attached hydrogens (primary N) is 1. The molecule has 0 radical (unpaired) electrons. The van der Waals surface area contributed by atoms with E-state index in [9.17, 15) is 24.4 Å². The summed E-state index contributed by atoms with van der Waals surface area (Å²) in [4.78, 5) is 35.2. The molecule has 0 saturated carbocycles. The Hall–Kier alpha value is -3.85. The maximum absolute atomic E-state index is 14.3. The number of H-pyrrole nitrogens is 1. The molecule has 1 aliphatic rings. The van der Waals surface area contributed by atoms with E-state index in [0.29, 0.717) is 5.39 Å². The third kappa shape index (κ3) is 6.27. The number of benzene rings is 2. The predicted octanol–water partition coefficient (Wildman–Crippen LogP) is 2.00. The van der Waals surface area contributed by atoms with Crippen molar-refractivity contribution in [1.82, 2.24) is 24.6 Å². The molecular formula is C27H33N6O9P. The van der Waals surface area contributed by atoms with Gasteiger partial charge >= 0.3 is 13.7 Å². The van der Waals surface area contributed by atoms with Crippen LogP contribution in [0.1, 0.15) is 33.9 Å². The van der Waals surface area contributed by atoms with Gasteiger partial charge in [0.2, 0.25) is 5.95 Å². The highest BCUT2D eigenvalue weighted by molar-refractivity contribution is 7.52. The summed E-state index contributed by atoms with van der Waals surface area (Å²) in [6.45, 7) is 6.27. The highest BCUT2D eigenvalue weighted by Gasteiger charge is 2.49. The van der Waals surface area contributed by atoms with Gasteiger partial charge in [-0.05, 0) is 39.1 Å². The highest BCUT2D eigenvalue weighted by Crippen LogP contribution is 2.49. The van der Waals surface area contributed by atoms with E-state index in [1.54, 1.807) is 38.1 Å². The number of carbonyl (C=O) groups excluding carboxylic acids is 1. The number of esters is 1. The van der Waals surface area contributed by atoms with E-state index in [-0.39, 0.29) is 22.9 Å². The fourth-order valence-corrected chi connectivity index (χ4v) is 6.53. The zero-order chi connectivity index (χ0) is 31.1. The van der Waals surface area contributed by atoms with Gasteiger partial charge in [-0.25, -0.2) is 9.55 Å². The number of nitrogen functional groups attached to an aromatic ring is 1. The summed E-state index contributed by atoms with van der Waals surface area (Å²) >= 11 is 0. The lowest BCUT2D eigenvalue weighted by atomic mass is 10.1. The number of carbonyl (C=O) groups is 1. The van der Waals surface area contributed by atoms with E-state index in [1.807, 2.05) is 18.2 Å². The SMILES string of the molecule is CC(C)OC(=O)[C@H](C)NP(=O)(Oc1cccc2ccccc12)O[C@H](C)[C@H]1O[C@@H](n2cnc3c(=O)[nH]c(N)nc32)[C@H](O)[C@@H]1O. The summed E-state index contributed by atoms with van der Waals surface area (Å²) in [5, 5.41) is 25.9. The summed E-state index contributed by atoms with van der Waals surface area (Å²) < 4.78 is 38.6. The molecule has 16 heteroatoms. The van der Waals surface area contributed by atoms with Crippen molar-refractivity contribution in [2.75, 3.05) is 5.73 Å². The number of aromatic nitrogens is 4. The first-order valence-electron chi connectivity index (χ1n) is 13.5. The molecule has 2 aromatic carbocycles. The quantitative estimate of drug-likeness (QED) is 0.128. The predicted molar refractivity (Wildman–Crippen MR) is 155 cm³/mol. The third-order valence-electron chi connectivity index (χ3n) is 6.79. The summed E-state index contributed by atoms with van der Waals surface area (Å²) in [6, 6.07) is 11.3. The van der Waals surface area contributed by atoms with Gasteiger partial charge in [0, 0.05) is 5.39 Å². The summed E-state index contributed by atoms with van der Waals surface area (Å²) in [5.41, 5.74) is 5.06. The number of imidazole rings is 1. The highest BCUT2D eigenvalue weighted by atomic mass is 31.2. The van der Waals surface area contributed by atoms with Gasteiger partial charge in [-0.2, -0.15) is 10.1 Å². The van der Waals surface area contributed by atoms with Crippen molar-refractivity contribution in [3.63, 3.8) is 0 Å². The van der Waals surface area contributed by atoms with Crippen molar-refractivity contribution in [3.8, 4) is 5.75 Å². The normalized spacial score (nSPS) is 23.3. The summed E-state index contributed by atoms with van der Waals surface area (Å²) in [7, 11) is -4.40. The number of rotatable bonds is 10. The smallest absolute Gasteiger partial charge is 0.459 e. The Bertz CT molecular complexity index is 1740. The van der Waals surface area contributed by atoms with Gasteiger partial charge in [-0.1, -0.05) is 36.4 Å². The molecule has 3 heterocycles. The van der Waals surface area contributed by atoms with Crippen LogP contribution >= 0.6 is 7.75 Å². The molecule has 0 amide bonds. The number of nitrogens with zero attached hydrogens (tertiary/aromatic N) is 3. The zero-order valence-corrected chi connectivity index (χ0v) is 24.7.